The number of ether oxygens (including phenoxy) is 1. The summed E-state index contributed by atoms with van der Waals surface area (Å²) in [6.45, 7) is 5.55. The second-order valence-corrected chi connectivity index (χ2v) is 6.72. The molecule has 1 aliphatic rings. The highest BCUT2D eigenvalue weighted by Gasteiger charge is 2.34. The normalized spacial score (nSPS) is 17.3. The Morgan fingerprint density at radius 1 is 1.26 bits per heavy atom. The Labute approximate surface area is 159 Å². The van der Waals surface area contributed by atoms with E-state index in [0.717, 1.165) is 30.2 Å². The van der Waals surface area contributed by atoms with E-state index < -0.39 is 6.04 Å². The van der Waals surface area contributed by atoms with Gasteiger partial charge in [0.25, 0.3) is 0 Å². The number of aromatic nitrogens is 2. The third-order valence-electron chi connectivity index (χ3n) is 5.07. The largest absolute Gasteiger partial charge is 0.497 e. The standard InChI is InChI=1S/C20H26N4O3/c1-15-20(26)24(17-6-8-18(27-3)9-7-17)14-13-23(15)19(25)5-4-11-22-12-10-21-16(22)2/h6-10,12,15H,4-5,11,13-14H2,1-3H3/t15-/m1/s1. The van der Waals surface area contributed by atoms with Crippen molar-refractivity contribution < 1.29 is 14.3 Å². The zero-order valence-electron chi connectivity index (χ0n) is 16.1. The Balaban J connectivity index is 1.56. The summed E-state index contributed by atoms with van der Waals surface area (Å²) in [6, 6.07) is 6.96. The maximum atomic E-state index is 12.8. The predicted octanol–water partition coefficient (Wildman–Crippen LogP) is 2.24. The highest BCUT2D eigenvalue weighted by Crippen LogP contribution is 2.23. The molecule has 1 saturated heterocycles. The Morgan fingerprint density at radius 3 is 2.63 bits per heavy atom. The summed E-state index contributed by atoms with van der Waals surface area (Å²) in [5.74, 6) is 1.67. The number of nitrogens with zero attached hydrogens (tertiary/aromatic N) is 4. The molecule has 1 atom stereocenters. The lowest BCUT2D eigenvalue weighted by atomic mass is 10.1. The van der Waals surface area contributed by atoms with Crippen molar-refractivity contribution in [1.82, 2.24) is 14.5 Å². The fraction of sp³-hybridized carbons (Fsp3) is 0.450. The molecule has 0 spiro atoms. The fourth-order valence-corrected chi connectivity index (χ4v) is 3.41. The number of aryl methyl sites for hydroxylation is 2. The van der Waals surface area contributed by atoms with Gasteiger partial charge in [-0.15, -0.1) is 0 Å². The molecule has 0 aliphatic carbocycles. The number of piperazine rings is 1. The van der Waals surface area contributed by atoms with Crippen LogP contribution < -0.4 is 9.64 Å². The Hall–Kier alpha value is -2.83. The van der Waals surface area contributed by atoms with Crippen molar-refractivity contribution in [3.63, 3.8) is 0 Å². The molecule has 0 N–H and O–H groups in total. The number of hydrogen-bond acceptors (Lipinski definition) is 4. The highest BCUT2D eigenvalue weighted by molar-refractivity contribution is 6.00. The first kappa shape index (κ1) is 18.9. The van der Waals surface area contributed by atoms with Crippen LogP contribution in [0.1, 0.15) is 25.6 Å². The number of benzene rings is 1. The Morgan fingerprint density at radius 2 is 2.00 bits per heavy atom. The van der Waals surface area contributed by atoms with Crippen molar-refractivity contribution in [2.75, 3.05) is 25.1 Å². The molecule has 2 heterocycles. The second kappa shape index (κ2) is 8.24. The van der Waals surface area contributed by atoms with Gasteiger partial charge in [-0.3, -0.25) is 9.59 Å². The van der Waals surface area contributed by atoms with Crippen molar-refractivity contribution in [3.8, 4) is 5.75 Å². The summed E-state index contributed by atoms with van der Waals surface area (Å²) < 4.78 is 7.19. The zero-order chi connectivity index (χ0) is 19.4. The van der Waals surface area contributed by atoms with Gasteiger partial charge in [0.05, 0.1) is 7.11 Å². The Bertz CT molecular complexity index is 800. The number of imidazole rings is 1. The number of carbonyl (C=O) groups is 2. The molecule has 1 fully saturated rings. The topological polar surface area (TPSA) is 67.7 Å². The molecular formula is C20H26N4O3. The lowest BCUT2D eigenvalue weighted by Gasteiger charge is -2.39. The number of anilines is 1. The van der Waals surface area contributed by atoms with Crippen LogP contribution in [0.5, 0.6) is 5.75 Å². The van der Waals surface area contributed by atoms with E-state index in [1.165, 1.54) is 0 Å². The molecule has 3 rings (SSSR count). The molecule has 1 aromatic carbocycles. The zero-order valence-corrected chi connectivity index (χ0v) is 16.1. The number of methoxy groups -OCH3 is 1. The van der Waals surface area contributed by atoms with Gasteiger partial charge in [-0.05, 0) is 44.5 Å². The first-order chi connectivity index (χ1) is 13.0. The van der Waals surface area contributed by atoms with Crippen molar-refractivity contribution in [2.45, 2.75) is 39.3 Å². The monoisotopic (exact) mass is 370 g/mol. The minimum absolute atomic E-state index is 0.0306. The van der Waals surface area contributed by atoms with Gasteiger partial charge in [-0.2, -0.15) is 0 Å². The summed E-state index contributed by atoms with van der Waals surface area (Å²) in [5.41, 5.74) is 0.829. The van der Waals surface area contributed by atoms with Gasteiger partial charge in [-0.25, -0.2) is 4.98 Å². The van der Waals surface area contributed by atoms with Crippen LogP contribution >= 0.6 is 0 Å². The second-order valence-electron chi connectivity index (χ2n) is 6.72. The van der Waals surface area contributed by atoms with Crippen LogP contribution in [-0.2, 0) is 16.1 Å². The molecule has 1 aromatic heterocycles. The van der Waals surface area contributed by atoms with E-state index in [1.54, 1.807) is 30.0 Å². The fourth-order valence-electron chi connectivity index (χ4n) is 3.41. The van der Waals surface area contributed by atoms with Crippen molar-refractivity contribution in [3.05, 3.63) is 42.5 Å². The summed E-state index contributed by atoms with van der Waals surface area (Å²) in [5, 5.41) is 0. The van der Waals surface area contributed by atoms with Crippen molar-refractivity contribution in [2.24, 2.45) is 0 Å². The SMILES string of the molecule is COc1ccc(N2CCN(C(=O)CCCn3ccnc3C)[C@H](C)C2=O)cc1. The number of carbonyl (C=O) groups excluding carboxylic acids is 2. The van der Waals surface area contributed by atoms with E-state index >= 15 is 0 Å². The van der Waals surface area contributed by atoms with Crippen LogP contribution in [0.25, 0.3) is 0 Å². The predicted molar refractivity (Wildman–Crippen MR) is 103 cm³/mol. The van der Waals surface area contributed by atoms with E-state index in [0.29, 0.717) is 19.5 Å². The molecule has 0 radical (unpaired) electrons. The minimum atomic E-state index is -0.455. The van der Waals surface area contributed by atoms with Crippen LogP contribution in [0.2, 0.25) is 0 Å². The average molecular weight is 370 g/mol. The van der Waals surface area contributed by atoms with Crippen LogP contribution in [-0.4, -0.2) is 52.5 Å². The van der Waals surface area contributed by atoms with E-state index in [9.17, 15) is 9.59 Å². The van der Waals surface area contributed by atoms with E-state index in [2.05, 4.69) is 4.98 Å². The van der Waals surface area contributed by atoms with Gasteiger partial charge in [0.15, 0.2) is 0 Å². The van der Waals surface area contributed by atoms with Crippen LogP contribution in [0.15, 0.2) is 36.7 Å². The number of rotatable bonds is 6. The summed E-state index contributed by atoms with van der Waals surface area (Å²) in [7, 11) is 1.61. The maximum Gasteiger partial charge on any atom is 0.249 e. The lowest BCUT2D eigenvalue weighted by molar-refractivity contribution is -0.140. The molecule has 1 aliphatic heterocycles. The highest BCUT2D eigenvalue weighted by atomic mass is 16.5. The smallest absolute Gasteiger partial charge is 0.249 e. The molecule has 0 unspecified atom stereocenters. The van der Waals surface area contributed by atoms with Crippen molar-refractivity contribution >= 4 is 17.5 Å². The number of hydrogen-bond donors (Lipinski definition) is 0. The van der Waals surface area contributed by atoms with Gasteiger partial charge in [0.2, 0.25) is 11.8 Å². The third kappa shape index (κ3) is 4.13. The summed E-state index contributed by atoms with van der Waals surface area (Å²) >= 11 is 0. The van der Waals surface area contributed by atoms with E-state index in [4.69, 9.17) is 4.74 Å². The molecular weight excluding hydrogens is 344 g/mol. The van der Waals surface area contributed by atoms with Gasteiger partial charge < -0.3 is 19.1 Å². The lowest BCUT2D eigenvalue weighted by Crippen LogP contribution is -2.57. The quantitative estimate of drug-likeness (QED) is 0.782. The minimum Gasteiger partial charge on any atom is -0.497 e. The number of amides is 2. The van der Waals surface area contributed by atoms with Gasteiger partial charge in [-0.1, -0.05) is 0 Å². The first-order valence-electron chi connectivity index (χ1n) is 9.24. The summed E-state index contributed by atoms with van der Waals surface area (Å²) in [4.78, 5) is 33.0. The molecule has 0 saturated carbocycles. The van der Waals surface area contributed by atoms with Gasteiger partial charge >= 0.3 is 0 Å². The van der Waals surface area contributed by atoms with Crippen LogP contribution in [0, 0.1) is 6.92 Å². The third-order valence-corrected chi connectivity index (χ3v) is 5.07. The van der Waals surface area contributed by atoms with Gasteiger partial charge in [0.1, 0.15) is 17.6 Å². The molecule has 2 aromatic rings. The van der Waals surface area contributed by atoms with Gasteiger partial charge in [0, 0.05) is 44.1 Å². The van der Waals surface area contributed by atoms with Crippen LogP contribution in [0.3, 0.4) is 0 Å². The molecule has 7 nitrogen and oxygen atoms in total. The molecule has 7 heteroatoms. The molecule has 27 heavy (non-hydrogen) atoms. The van der Waals surface area contributed by atoms with E-state index in [-0.39, 0.29) is 11.8 Å². The summed E-state index contributed by atoms with van der Waals surface area (Å²) in [6.07, 6.45) is 4.84. The Kier molecular flexibility index (Phi) is 5.78. The average Bonchev–Trinajstić information content (AvgIpc) is 3.09. The van der Waals surface area contributed by atoms with E-state index in [1.807, 2.05) is 42.0 Å². The molecule has 2 amide bonds. The molecule has 0 bridgehead atoms. The van der Waals surface area contributed by atoms with Crippen molar-refractivity contribution in [1.29, 1.82) is 0 Å². The van der Waals surface area contributed by atoms with Crippen LogP contribution in [0.4, 0.5) is 5.69 Å². The maximum absolute atomic E-state index is 12.8. The first-order valence-corrected chi connectivity index (χ1v) is 9.24. The molecule has 144 valence electrons.